The molecule has 0 saturated heterocycles. The third kappa shape index (κ3) is 3.19. The van der Waals surface area contributed by atoms with Gasteiger partial charge in [-0.3, -0.25) is 4.79 Å². The lowest BCUT2D eigenvalue weighted by Crippen LogP contribution is -2.27. The fourth-order valence-corrected chi connectivity index (χ4v) is 1.44. The third-order valence-corrected chi connectivity index (χ3v) is 2.26. The van der Waals surface area contributed by atoms with E-state index in [4.69, 9.17) is 11.5 Å². The van der Waals surface area contributed by atoms with Crippen molar-refractivity contribution in [2.75, 3.05) is 0 Å². The van der Waals surface area contributed by atoms with Crippen LogP contribution in [0.3, 0.4) is 0 Å². The molecule has 0 aliphatic rings. The van der Waals surface area contributed by atoms with Crippen molar-refractivity contribution in [2.24, 2.45) is 17.4 Å². The molecule has 0 bridgehead atoms. The predicted molar refractivity (Wildman–Crippen MR) is 55.0 cm³/mol. The molecule has 1 unspecified atom stereocenters. The lowest BCUT2D eigenvalue weighted by Gasteiger charge is -2.16. The molecule has 0 aliphatic carbocycles. The van der Waals surface area contributed by atoms with Crippen LogP contribution in [-0.2, 0) is 4.79 Å². The van der Waals surface area contributed by atoms with Gasteiger partial charge in [0.2, 0.25) is 5.91 Å². The molecule has 76 valence electrons. The van der Waals surface area contributed by atoms with Crippen LogP contribution in [0.1, 0.15) is 34.1 Å². The Morgan fingerprint density at radius 2 is 1.85 bits per heavy atom. The Kier molecular flexibility index (Phi) is 4.70. The normalized spacial score (nSPS) is 15.5. The Bertz CT molecular complexity index is 219. The van der Waals surface area contributed by atoms with Gasteiger partial charge >= 0.3 is 0 Å². The average molecular weight is 184 g/mol. The van der Waals surface area contributed by atoms with E-state index in [0.29, 0.717) is 5.57 Å². The molecule has 0 aromatic heterocycles. The summed E-state index contributed by atoms with van der Waals surface area (Å²) in [4.78, 5) is 11.1. The van der Waals surface area contributed by atoms with Crippen LogP contribution in [-0.4, -0.2) is 11.9 Å². The van der Waals surface area contributed by atoms with Gasteiger partial charge in [-0.2, -0.15) is 0 Å². The van der Waals surface area contributed by atoms with Crippen molar-refractivity contribution >= 4 is 5.91 Å². The van der Waals surface area contributed by atoms with Crippen LogP contribution in [0.5, 0.6) is 0 Å². The molecule has 0 aromatic carbocycles. The molecule has 4 N–H and O–H groups in total. The fraction of sp³-hybridized carbons (Fsp3) is 0.700. The van der Waals surface area contributed by atoms with Crippen LogP contribution in [0.2, 0.25) is 0 Å². The van der Waals surface area contributed by atoms with Crippen molar-refractivity contribution in [1.82, 2.24) is 0 Å². The molecule has 0 fully saturated rings. The number of carbonyl (C=O) groups is 1. The summed E-state index contributed by atoms with van der Waals surface area (Å²) in [5.74, 6) is -0.202. The van der Waals surface area contributed by atoms with Gasteiger partial charge in [-0.25, -0.2) is 0 Å². The van der Waals surface area contributed by atoms with E-state index in [0.717, 1.165) is 12.0 Å². The van der Waals surface area contributed by atoms with Crippen molar-refractivity contribution in [2.45, 2.75) is 40.2 Å². The van der Waals surface area contributed by atoms with E-state index in [1.807, 2.05) is 27.7 Å². The highest BCUT2D eigenvalue weighted by Gasteiger charge is 2.16. The number of amides is 1. The van der Waals surface area contributed by atoms with E-state index < -0.39 is 0 Å². The summed E-state index contributed by atoms with van der Waals surface area (Å²) in [6, 6.07) is -0.0510. The summed E-state index contributed by atoms with van der Waals surface area (Å²) in [5, 5.41) is 0. The summed E-state index contributed by atoms with van der Waals surface area (Å²) in [5.41, 5.74) is 12.7. The second kappa shape index (κ2) is 5.02. The zero-order chi connectivity index (χ0) is 10.6. The van der Waals surface area contributed by atoms with Crippen molar-refractivity contribution in [3.05, 3.63) is 11.1 Å². The SMILES string of the molecule is CCC(N)/C(C)=C(/C(N)=O)C(C)C. The van der Waals surface area contributed by atoms with Gasteiger partial charge in [0, 0.05) is 11.6 Å². The first kappa shape index (κ1) is 12.2. The zero-order valence-electron chi connectivity index (χ0n) is 8.92. The van der Waals surface area contributed by atoms with E-state index in [-0.39, 0.29) is 17.9 Å². The minimum Gasteiger partial charge on any atom is -0.366 e. The Balaban J connectivity index is 4.97. The Morgan fingerprint density at radius 3 is 2.08 bits per heavy atom. The van der Waals surface area contributed by atoms with Gasteiger partial charge in [0.25, 0.3) is 0 Å². The van der Waals surface area contributed by atoms with Crippen LogP contribution in [0, 0.1) is 5.92 Å². The Hall–Kier alpha value is -0.830. The molecule has 3 nitrogen and oxygen atoms in total. The average Bonchev–Trinajstić information content (AvgIpc) is 2.01. The summed E-state index contributed by atoms with van der Waals surface area (Å²) >= 11 is 0. The number of hydrogen-bond donors (Lipinski definition) is 2. The smallest absolute Gasteiger partial charge is 0.244 e. The van der Waals surface area contributed by atoms with Crippen LogP contribution in [0.25, 0.3) is 0 Å². The number of nitrogens with two attached hydrogens (primary N) is 2. The molecule has 0 radical (unpaired) electrons. The van der Waals surface area contributed by atoms with E-state index in [9.17, 15) is 4.79 Å². The summed E-state index contributed by atoms with van der Waals surface area (Å²) in [6.07, 6.45) is 0.829. The molecule has 0 aliphatic heterocycles. The van der Waals surface area contributed by atoms with Crippen LogP contribution >= 0.6 is 0 Å². The highest BCUT2D eigenvalue weighted by Crippen LogP contribution is 2.17. The Labute approximate surface area is 80.2 Å². The molecule has 3 heteroatoms. The monoisotopic (exact) mass is 184 g/mol. The Morgan fingerprint density at radius 1 is 1.38 bits per heavy atom. The van der Waals surface area contributed by atoms with Gasteiger partial charge < -0.3 is 11.5 Å². The van der Waals surface area contributed by atoms with E-state index >= 15 is 0 Å². The van der Waals surface area contributed by atoms with Gasteiger partial charge in [-0.15, -0.1) is 0 Å². The molecule has 1 amide bonds. The van der Waals surface area contributed by atoms with Crippen LogP contribution in [0.4, 0.5) is 0 Å². The minimum absolute atomic E-state index is 0.0510. The van der Waals surface area contributed by atoms with E-state index in [2.05, 4.69) is 0 Å². The number of hydrogen-bond acceptors (Lipinski definition) is 2. The summed E-state index contributed by atoms with van der Waals surface area (Å²) in [7, 11) is 0. The zero-order valence-corrected chi connectivity index (χ0v) is 8.92. The fourth-order valence-electron chi connectivity index (χ4n) is 1.44. The predicted octanol–water partition coefficient (Wildman–Crippen LogP) is 1.18. The molecule has 0 rings (SSSR count). The largest absolute Gasteiger partial charge is 0.366 e. The molecule has 0 spiro atoms. The maximum absolute atomic E-state index is 11.1. The third-order valence-electron chi connectivity index (χ3n) is 2.26. The van der Waals surface area contributed by atoms with Crippen molar-refractivity contribution in [3.8, 4) is 0 Å². The number of primary amides is 1. The first-order valence-electron chi connectivity index (χ1n) is 4.67. The standard InChI is InChI=1S/C10H20N2O/c1-5-8(11)7(4)9(6(2)3)10(12)13/h6,8H,5,11H2,1-4H3,(H2,12,13)/b9-7+. The minimum atomic E-state index is -0.351. The lowest BCUT2D eigenvalue weighted by molar-refractivity contribution is -0.115. The molecular formula is C10H20N2O. The first-order chi connectivity index (χ1) is 5.91. The van der Waals surface area contributed by atoms with Gasteiger partial charge in [-0.1, -0.05) is 20.8 Å². The lowest BCUT2D eigenvalue weighted by atomic mass is 9.92. The van der Waals surface area contributed by atoms with Crippen molar-refractivity contribution in [1.29, 1.82) is 0 Å². The van der Waals surface area contributed by atoms with E-state index in [1.54, 1.807) is 0 Å². The molecule has 0 aromatic rings. The topological polar surface area (TPSA) is 69.1 Å². The molecular weight excluding hydrogens is 164 g/mol. The second-order valence-corrected chi connectivity index (χ2v) is 3.63. The van der Waals surface area contributed by atoms with Gasteiger partial charge in [0.05, 0.1) is 0 Å². The van der Waals surface area contributed by atoms with Gasteiger partial charge in [0.15, 0.2) is 0 Å². The molecule has 0 saturated carbocycles. The highest BCUT2D eigenvalue weighted by molar-refractivity contribution is 5.93. The molecule has 13 heavy (non-hydrogen) atoms. The first-order valence-corrected chi connectivity index (χ1v) is 4.67. The van der Waals surface area contributed by atoms with Crippen molar-refractivity contribution in [3.63, 3.8) is 0 Å². The van der Waals surface area contributed by atoms with Crippen LogP contribution in [0.15, 0.2) is 11.1 Å². The number of carbonyl (C=O) groups excluding carboxylic acids is 1. The maximum Gasteiger partial charge on any atom is 0.244 e. The van der Waals surface area contributed by atoms with Gasteiger partial charge in [-0.05, 0) is 24.8 Å². The van der Waals surface area contributed by atoms with E-state index in [1.165, 1.54) is 0 Å². The van der Waals surface area contributed by atoms with Gasteiger partial charge in [0.1, 0.15) is 0 Å². The maximum atomic E-state index is 11.1. The second-order valence-electron chi connectivity index (χ2n) is 3.63. The summed E-state index contributed by atoms with van der Waals surface area (Å²) < 4.78 is 0. The molecule has 0 heterocycles. The molecule has 1 atom stereocenters. The summed E-state index contributed by atoms with van der Waals surface area (Å²) in [6.45, 7) is 7.78. The number of rotatable bonds is 4. The quantitative estimate of drug-likeness (QED) is 0.644. The van der Waals surface area contributed by atoms with Crippen LogP contribution < -0.4 is 11.5 Å². The van der Waals surface area contributed by atoms with Crippen molar-refractivity contribution < 1.29 is 4.79 Å². The highest BCUT2D eigenvalue weighted by atomic mass is 16.1.